The molecule has 12 heteroatoms. The van der Waals surface area contributed by atoms with Crippen molar-refractivity contribution in [1.29, 1.82) is 1.28 Å². The Bertz CT molecular complexity index is 995. The fourth-order valence-electron chi connectivity index (χ4n) is 2.93. The van der Waals surface area contributed by atoms with Gasteiger partial charge in [-0.3, -0.25) is 9.36 Å². The molecule has 0 bridgehead atoms. The highest BCUT2D eigenvalue weighted by molar-refractivity contribution is 7.23. The summed E-state index contributed by atoms with van der Waals surface area (Å²) < 4.78 is 25.1. The molecule has 11 nitrogen and oxygen atoms in total. The number of hydrogen-bond acceptors (Lipinski definition) is 8. The number of nitrogens with two attached hydrogens (primary N) is 1. The van der Waals surface area contributed by atoms with Gasteiger partial charge in [-0.2, -0.15) is 4.98 Å². The van der Waals surface area contributed by atoms with Crippen molar-refractivity contribution in [2.75, 3.05) is 18.4 Å². The fourth-order valence-corrected chi connectivity index (χ4v) is 3.41. The maximum absolute atomic E-state index is 12.2. The molecule has 0 spiro atoms. The Labute approximate surface area is 168 Å². The molecule has 3 heterocycles. The first-order valence-electron chi connectivity index (χ1n) is 9.34. The van der Waals surface area contributed by atoms with Crippen molar-refractivity contribution in [3.05, 3.63) is 46.5 Å². The number of aliphatic hydroxyl groups is 1. The molecule has 2 aromatic rings. The summed E-state index contributed by atoms with van der Waals surface area (Å²) in [6.45, 7) is 0.239. The monoisotopic (exact) mass is 423 g/mol. The zero-order valence-corrected chi connectivity index (χ0v) is 16.3. The third-order valence-electron chi connectivity index (χ3n) is 4.40. The van der Waals surface area contributed by atoms with E-state index in [-0.39, 0.29) is 37.3 Å². The van der Waals surface area contributed by atoms with E-state index in [1.165, 1.54) is 17.1 Å². The second kappa shape index (κ2) is 9.55. The molecular formula is C17H22N6O5P+. The Hall–Kier alpha value is -2.88. The zero-order chi connectivity index (χ0) is 21.7. The summed E-state index contributed by atoms with van der Waals surface area (Å²) in [5, 5.41) is 12.8. The van der Waals surface area contributed by atoms with E-state index in [2.05, 4.69) is 20.3 Å². The van der Waals surface area contributed by atoms with Crippen LogP contribution in [-0.4, -0.2) is 56.7 Å². The minimum absolute atomic E-state index is 0.0145. The summed E-state index contributed by atoms with van der Waals surface area (Å²) in [5.41, 5.74) is 6.30. The maximum Gasteiger partial charge on any atom is 0.388 e. The predicted molar refractivity (Wildman–Crippen MR) is 106 cm³/mol. The third-order valence-corrected chi connectivity index (χ3v) is 4.91. The highest BCUT2D eigenvalue weighted by atomic mass is 31.1. The minimum Gasteiger partial charge on any atom is -0.390 e. The van der Waals surface area contributed by atoms with Crippen LogP contribution in [0.2, 0.25) is 0 Å². The molecule has 1 fully saturated rings. The number of ether oxygens (including phenoxy) is 1. The number of aromatic amines is 1. The number of nitrogens with zero attached hydrogens (tertiary/aromatic N) is 3. The van der Waals surface area contributed by atoms with Gasteiger partial charge in [0.25, 0.3) is 0 Å². The molecule has 0 radical (unpaired) electrons. The summed E-state index contributed by atoms with van der Waals surface area (Å²) >= 11 is 0. The van der Waals surface area contributed by atoms with E-state index < -0.39 is 32.5 Å². The Morgan fingerprint density at radius 1 is 1.62 bits per heavy atom. The normalized spacial score (nSPS) is 22.6. The van der Waals surface area contributed by atoms with Crippen LogP contribution in [-0.2, 0) is 20.5 Å². The van der Waals surface area contributed by atoms with Crippen LogP contribution in [0.3, 0.4) is 0 Å². The van der Waals surface area contributed by atoms with Gasteiger partial charge in [-0.1, -0.05) is 16.7 Å². The first kappa shape index (κ1) is 19.4. The van der Waals surface area contributed by atoms with E-state index in [4.69, 9.17) is 11.7 Å². The summed E-state index contributed by atoms with van der Waals surface area (Å²) in [6, 6.07) is 0. The second-order valence-electron chi connectivity index (χ2n) is 6.48. The van der Waals surface area contributed by atoms with Crippen molar-refractivity contribution in [3.63, 3.8) is 0 Å². The van der Waals surface area contributed by atoms with Crippen molar-refractivity contribution in [1.82, 2.24) is 24.8 Å². The van der Waals surface area contributed by atoms with Gasteiger partial charge in [0, 0.05) is 36.6 Å². The topological polar surface area (TPSA) is 165 Å². The van der Waals surface area contributed by atoms with Crippen LogP contribution in [0.25, 0.3) is 6.08 Å². The number of aliphatic hydroxyl groups excluding tert-OH is 1. The van der Waals surface area contributed by atoms with Gasteiger partial charge in [0.1, 0.15) is 18.1 Å². The van der Waals surface area contributed by atoms with E-state index in [0.29, 0.717) is 11.3 Å². The van der Waals surface area contributed by atoms with Crippen molar-refractivity contribution >= 4 is 26.2 Å². The summed E-state index contributed by atoms with van der Waals surface area (Å²) in [6.07, 6.45) is 5.42. The molecule has 5 N–H and O–H groups in total. The number of H-pyrrole nitrogens is 1. The van der Waals surface area contributed by atoms with Crippen LogP contribution in [0, 0.1) is 0 Å². The number of carbonyl (C=O) groups excluding carboxylic acids is 1. The van der Waals surface area contributed by atoms with Gasteiger partial charge < -0.3 is 25.9 Å². The summed E-state index contributed by atoms with van der Waals surface area (Å²) in [5.74, 6) is -0.173. The fraction of sp³-hybridized carbons (Fsp3) is 0.412. The second-order valence-corrected chi connectivity index (χ2v) is 7.10. The number of hydrogen-bond donors (Lipinski definition) is 4. The molecule has 0 aliphatic carbocycles. The molecule has 1 amide bonds. The predicted octanol–water partition coefficient (Wildman–Crippen LogP) is -0.407. The molecule has 29 heavy (non-hydrogen) atoms. The molecule has 1 aliphatic heterocycles. The minimum atomic E-state index is -2.23. The SMILES string of the molecule is [3H][P+](=O)CC1OC(n2cc(/C=C/CNC(=O)Cc3cnc[nH]3)c(N)nc2=O)CC1O. The van der Waals surface area contributed by atoms with Gasteiger partial charge in [-0.25, -0.2) is 9.78 Å². The van der Waals surface area contributed by atoms with Crippen LogP contribution in [0.15, 0.2) is 29.6 Å². The Morgan fingerprint density at radius 2 is 2.45 bits per heavy atom. The summed E-state index contributed by atoms with van der Waals surface area (Å²) in [7, 11) is -2.23. The first-order valence-corrected chi connectivity index (χ1v) is 9.89. The Morgan fingerprint density at radius 3 is 3.17 bits per heavy atom. The standard InChI is InChI=1S/C17H21N6O5P/c18-16-10(2-1-3-20-14(25)4-11-6-19-9-21-11)7-23(17(26)22-16)15-5-12(24)13(28-15)8-29-27/h1-2,6-7,9,12-13,15,24H,3-5,8H2,(H,19,21)(H,20,25)(H2,18,22,26)/p+1/b2-1+/i/hT. The molecule has 0 aromatic carbocycles. The number of carbonyl (C=O) groups is 1. The molecule has 2 aromatic heterocycles. The molecule has 4 unspecified atom stereocenters. The summed E-state index contributed by atoms with van der Waals surface area (Å²) in [4.78, 5) is 34.5. The number of nitrogen functional groups attached to an aromatic ring is 1. The van der Waals surface area contributed by atoms with Crippen molar-refractivity contribution in [2.45, 2.75) is 31.3 Å². The van der Waals surface area contributed by atoms with Gasteiger partial charge in [0.05, 0.1) is 18.9 Å². The van der Waals surface area contributed by atoms with E-state index in [0.717, 1.165) is 0 Å². The Kier molecular flexibility index (Phi) is 6.40. The smallest absolute Gasteiger partial charge is 0.388 e. The zero-order valence-electron chi connectivity index (χ0n) is 16.4. The highest BCUT2D eigenvalue weighted by Gasteiger charge is 2.37. The lowest BCUT2D eigenvalue weighted by Crippen LogP contribution is -2.28. The number of amides is 1. The van der Waals surface area contributed by atoms with Crippen molar-refractivity contribution < 1.29 is 19.2 Å². The van der Waals surface area contributed by atoms with Crippen LogP contribution < -0.4 is 16.7 Å². The number of imidazole rings is 1. The molecule has 1 aliphatic rings. The van der Waals surface area contributed by atoms with Gasteiger partial charge in [-0.05, 0) is 0 Å². The Balaban J connectivity index is 1.63. The number of anilines is 1. The lowest BCUT2D eigenvalue weighted by atomic mass is 10.2. The number of rotatable bonds is 8. The van der Waals surface area contributed by atoms with Crippen LogP contribution >= 0.6 is 8.41 Å². The van der Waals surface area contributed by atoms with E-state index >= 15 is 0 Å². The van der Waals surface area contributed by atoms with Gasteiger partial charge in [-0.15, -0.1) is 0 Å². The molecular weight excluding hydrogens is 399 g/mol. The molecule has 154 valence electrons. The van der Waals surface area contributed by atoms with Gasteiger partial charge >= 0.3 is 15.4 Å². The first-order chi connectivity index (χ1) is 14.3. The van der Waals surface area contributed by atoms with Crippen molar-refractivity contribution in [3.8, 4) is 0 Å². The lowest BCUT2D eigenvalue weighted by Gasteiger charge is -2.14. The molecule has 1 saturated heterocycles. The van der Waals surface area contributed by atoms with Crippen LogP contribution in [0.5, 0.6) is 0 Å². The van der Waals surface area contributed by atoms with E-state index in [1.54, 1.807) is 18.3 Å². The third kappa shape index (κ3) is 5.35. The van der Waals surface area contributed by atoms with E-state index in [1.807, 2.05) is 0 Å². The molecule has 3 rings (SSSR count). The van der Waals surface area contributed by atoms with Crippen LogP contribution in [0.1, 0.15) is 23.9 Å². The highest BCUT2D eigenvalue weighted by Crippen LogP contribution is 2.29. The number of nitrogens with one attached hydrogen (secondary N) is 2. The maximum atomic E-state index is 12.2. The lowest BCUT2D eigenvalue weighted by molar-refractivity contribution is -0.120. The molecule has 0 saturated carbocycles. The largest absolute Gasteiger partial charge is 0.390 e. The molecule has 4 atom stereocenters. The van der Waals surface area contributed by atoms with Gasteiger partial charge in [0.2, 0.25) is 5.91 Å². The van der Waals surface area contributed by atoms with Crippen LogP contribution in [0.4, 0.5) is 5.82 Å². The number of aromatic nitrogens is 4. The average molecular weight is 423 g/mol. The quantitative estimate of drug-likeness (QED) is 0.416. The van der Waals surface area contributed by atoms with Gasteiger partial charge in [0.15, 0.2) is 6.16 Å². The van der Waals surface area contributed by atoms with Crippen molar-refractivity contribution in [2.24, 2.45) is 0 Å². The average Bonchev–Trinajstić information content (AvgIpc) is 3.30. The van der Waals surface area contributed by atoms with E-state index in [9.17, 15) is 19.3 Å².